The second kappa shape index (κ2) is 21.1. The normalized spacial score (nSPS) is 11.9. The highest BCUT2D eigenvalue weighted by molar-refractivity contribution is 5.86. The van der Waals surface area contributed by atoms with E-state index >= 15 is 0 Å². The Morgan fingerprint density at radius 2 is 1.04 bits per heavy atom. The van der Waals surface area contributed by atoms with Gasteiger partial charge in [0.05, 0.1) is 13.5 Å². The number of rotatable bonds is 12. The summed E-state index contributed by atoms with van der Waals surface area (Å²) in [6, 6.07) is 16.1. The maximum Gasteiger partial charge on any atom is 0.410 e. The summed E-state index contributed by atoms with van der Waals surface area (Å²) in [6.07, 6.45) is -1.29. The molecule has 0 saturated heterocycles. The van der Waals surface area contributed by atoms with Gasteiger partial charge in [-0.2, -0.15) is 0 Å². The minimum atomic E-state index is -1.13. The molecule has 13 nitrogen and oxygen atoms in total. The van der Waals surface area contributed by atoms with Crippen molar-refractivity contribution < 1.29 is 52.5 Å². The van der Waals surface area contributed by atoms with Gasteiger partial charge < -0.3 is 28.5 Å². The molecule has 0 aliphatic carbocycles. The van der Waals surface area contributed by atoms with Crippen LogP contribution in [0.1, 0.15) is 72.9 Å². The third-order valence-electron chi connectivity index (χ3n) is 6.20. The molecule has 0 fully saturated rings. The first-order valence-electron chi connectivity index (χ1n) is 15.2. The van der Waals surface area contributed by atoms with Crippen LogP contribution in [-0.2, 0) is 56.1 Å². The van der Waals surface area contributed by atoms with E-state index in [4.69, 9.17) is 18.9 Å². The number of amides is 2. The monoisotopic (exact) mass is 688 g/mol. The van der Waals surface area contributed by atoms with Crippen molar-refractivity contribution in [1.29, 1.82) is 0 Å². The Bertz CT molecular complexity index is 1340. The third-order valence-corrected chi connectivity index (χ3v) is 6.20. The largest absolute Gasteiger partial charge is 0.469 e. The third kappa shape index (κ3) is 17.7. The van der Waals surface area contributed by atoms with Gasteiger partial charge in [0.1, 0.15) is 42.8 Å². The van der Waals surface area contributed by atoms with Gasteiger partial charge >= 0.3 is 30.1 Å². The van der Waals surface area contributed by atoms with Crippen LogP contribution >= 0.6 is 0 Å². The summed E-state index contributed by atoms with van der Waals surface area (Å²) in [4.78, 5) is 73.4. The molecule has 2 amide bonds. The molecule has 2 aromatic rings. The van der Waals surface area contributed by atoms with E-state index in [-0.39, 0.29) is 33.5 Å². The first-order chi connectivity index (χ1) is 22.4. The molecule has 13 heteroatoms. The molecule has 272 valence electrons. The zero-order valence-electron chi connectivity index (χ0n) is 29.2. The number of esters is 3. The number of aldehydes is 1. The number of carbonyl (C=O) groups excluding carboxylic acids is 6. The van der Waals surface area contributed by atoms with Gasteiger partial charge in [0, 0.05) is 20.5 Å². The van der Waals surface area contributed by atoms with E-state index in [0.717, 1.165) is 20.9 Å². The maximum atomic E-state index is 12.4. The molecular weight excluding hydrogens is 636 g/mol. The second-order valence-corrected chi connectivity index (χ2v) is 12.6. The summed E-state index contributed by atoms with van der Waals surface area (Å²) < 4.78 is 25.5. The average Bonchev–Trinajstić information content (AvgIpc) is 3.02. The van der Waals surface area contributed by atoms with Gasteiger partial charge in [-0.05, 0) is 52.7 Å². The molecule has 2 atom stereocenters. The first-order valence-corrected chi connectivity index (χ1v) is 15.2. The minimum Gasteiger partial charge on any atom is -0.469 e. The molecule has 0 radical (unpaired) electrons. The van der Waals surface area contributed by atoms with Crippen molar-refractivity contribution >= 4 is 36.4 Å². The van der Waals surface area contributed by atoms with E-state index in [1.54, 1.807) is 53.7 Å². The molecule has 0 unspecified atom stereocenters. The van der Waals surface area contributed by atoms with Crippen LogP contribution in [0.15, 0.2) is 60.7 Å². The molecule has 0 spiro atoms. The lowest BCUT2D eigenvalue weighted by Gasteiger charge is -2.29. The van der Waals surface area contributed by atoms with Crippen molar-refractivity contribution in [1.82, 2.24) is 9.80 Å². The van der Waals surface area contributed by atoms with Crippen molar-refractivity contribution in [2.24, 2.45) is 0 Å². The highest BCUT2D eigenvalue weighted by Gasteiger charge is 2.34. The van der Waals surface area contributed by atoms with Gasteiger partial charge in [-0.15, -0.1) is 0 Å². The number of benzene rings is 2. The summed E-state index contributed by atoms with van der Waals surface area (Å²) in [7, 11) is 4.00. The number of hydrogen-bond donors (Lipinski definition) is 0. The zero-order valence-corrected chi connectivity index (χ0v) is 29.2. The molecule has 0 bridgehead atoms. The fourth-order valence-electron chi connectivity index (χ4n) is 3.70. The van der Waals surface area contributed by atoms with Crippen LogP contribution in [0, 0.1) is 0 Å². The van der Waals surface area contributed by atoms with Gasteiger partial charge in [-0.25, -0.2) is 19.2 Å². The van der Waals surface area contributed by atoms with Gasteiger partial charge in [0.25, 0.3) is 0 Å². The highest BCUT2D eigenvalue weighted by Crippen LogP contribution is 2.16. The summed E-state index contributed by atoms with van der Waals surface area (Å²) in [5.74, 6) is -1.98. The van der Waals surface area contributed by atoms with Crippen LogP contribution in [0.25, 0.3) is 0 Å². The lowest BCUT2D eigenvalue weighted by Crippen LogP contribution is -2.46. The average molecular weight is 689 g/mol. The van der Waals surface area contributed by atoms with E-state index in [1.165, 1.54) is 21.2 Å². The SMILES string of the molecule is C.CN(C(=O)OC(C)(C)C)[C@H](CC=O)C(=O)OCc1ccccc1.COC(=O)C[C@H](C(=O)OCc1ccccc1)N(C)C(=O)OC(C)(C)C. The van der Waals surface area contributed by atoms with E-state index in [1.807, 2.05) is 48.5 Å². The number of ether oxygens (including phenoxy) is 5. The summed E-state index contributed by atoms with van der Waals surface area (Å²) in [5, 5.41) is 0. The molecule has 0 heterocycles. The molecule has 2 aromatic carbocycles. The van der Waals surface area contributed by atoms with Gasteiger partial charge in [0.15, 0.2) is 0 Å². The summed E-state index contributed by atoms with van der Waals surface area (Å²) >= 11 is 0. The van der Waals surface area contributed by atoms with Crippen molar-refractivity contribution in [2.75, 3.05) is 21.2 Å². The maximum absolute atomic E-state index is 12.4. The highest BCUT2D eigenvalue weighted by atomic mass is 16.6. The Hall–Kier alpha value is -4.94. The molecule has 0 saturated carbocycles. The smallest absolute Gasteiger partial charge is 0.410 e. The lowest BCUT2D eigenvalue weighted by molar-refractivity contribution is -0.155. The molecule has 0 N–H and O–H groups in total. The Morgan fingerprint density at radius 3 is 1.39 bits per heavy atom. The Morgan fingerprint density at radius 1 is 0.673 bits per heavy atom. The van der Waals surface area contributed by atoms with Crippen molar-refractivity contribution in [3.05, 3.63) is 71.8 Å². The van der Waals surface area contributed by atoms with Crippen LogP contribution in [0.2, 0.25) is 0 Å². The Kier molecular flexibility index (Phi) is 19.0. The van der Waals surface area contributed by atoms with E-state index in [0.29, 0.717) is 6.29 Å². The van der Waals surface area contributed by atoms with E-state index in [9.17, 15) is 28.8 Å². The van der Waals surface area contributed by atoms with Gasteiger partial charge in [0.2, 0.25) is 0 Å². The number of hydrogen-bond acceptors (Lipinski definition) is 11. The lowest BCUT2D eigenvalue weighted by atomic mass is 10.2. The van der Waals surface area contributed by atoms with E-state index in [2.05, 4.69) is 4.74 Å². The molecule has 2 rings (SSSR count). The molecule has 0 aliphatic rings. The second-order valence-electron chi connectivity index (χ2n) is 12.6. The van der Waals surface area contributed by atoms with Gasteiger partial charge in [-0.3, -0.25) is 14.6 Å². The summed E-state index contributed by atoms with van der Waals surface area (Å²) in [6.45, 7) is 10.4. The first kappa shape index (κ1) is 44.1. The quantitative estimate of drug-likeness (QED) is 0.153. The Balaban J connectivity index is 0.000000925. The predicted octanol–water partition coefficient (Wildman–Crippen LogP) is 5.72. The van der Waals surface area contributed by atoms with Crippen molar-refractivity contribution in [2.45, 2.75) is 98.3 Å². The number of methoxy groups -OCH3 is 1. The van der Waals surface area contributed by atoms with Crippen LogP contribution in [0.3, 0.4) is 0 Å². The van der Waals surface area contributed by atoms with Crippen LogP contribution in [-0.4, -0.2) is 90.7 Å². The van der Waals surface area contributed by atoms with Crippen LogP contribution in [0.4, 0.5) is 9.59 Å². The topological polar surface area (TPSA) is 155 Å². The zero-order chi connectivity index (χ0) is 36.5. The van der Waals surface area contributed by atoms with Crippen LogP contribution < -0.4 is 0 Å². The molecular formula is C36H52N2O11. The molecule has 0 aliphatic heterocycles. The van der Waals surface area contributed by atoms with Crippen molar-refractivity contribution in [3.63, 3.8) is 0 Å². The molecule has 49 heavy (non-hydrogen) atoms. The number of carbonyl (C=O) groups is 6. The predicted molar refractivity (Wildman–Crippen MR) is 182 cm³/mol. The van der Waals surface area contributed by atoms with E-state index < -0.39 is 53.4 Å². The Labute approximate surface area is 289 Å². The number of likely N-dealkylation sites (N-methyl/N-ethyl adjacent to an activating group) is 2. The standard InChI is InChI=1S/C18H25NO6.C17H23NO5.CH4/c1-18(2,3)25-17(22)19(4)14(11-15(20)23-5)16(21)24-12-13-9-7-6-8-10-13;1-17(2,3)23-16(21)18(4)14(10-11-19)15(20)22-12-13-8-6-5-7-9-13;/h6-10,14H,11-12H2,1-5H3;5-9,11,14H,10,12H2,1-4H3;1H4/t2*14-;/m11./s1. The van der Waals surface area contributed by atoms with Gasteiger partial charge in [-0.1, -0.05) is 68.1 Å². The molecule has 0 aromatic heterocycles. The minimum absolute atomic E-state index is 0. The fraction of sp³-hybridized carbons (Fsp3) is 0.500. The van der Waals surface area contributed by atoms with Crippen LogP contribution in [0.5, 0.6) is 0 Å². The fourth-order valence-corrected chi connectivity index (χ4v) is 3.70. The number of nitrogens with zero attached hydrogens (tertiary/aromatic N) is 2. The van der Waals surface area contributed by atoms with Crippen molar-refractivity contribution in [3.8, 4) is 0 Å². The summed E-state index contributed by atoms with van der Waals surface area (Å²) in [5.41, 5.74) is 0.207.